The van der Waals surface area contributed by atoms with E-state index in [-0.39, 0.29) is 17.2 Å². The van der Waals surface area contributed by atoms with Crippen LogP contribution in [0, 0.1) is 5.82 Å². The molecular weight excluding hydrogens is 281 g/mol. The van der Waals surface area contributed by atoms with Crippen molar-refractivity contribution in [2.24, 2.45) is 0 Å². The van der Waals surface area contributed by atoms with Crippen molar-refractivity contribution in [3.8, 4) is 0 Å². The third-order valence-corrected chi connectivity index (χ3v) is 3.18. The predicted octanol–water partition coefficient (Wildman–Crippen LogP) is 2.94. The van der Waals surface area contributed by atoms with Gasteiger partial charge in [-0.25, -0.2) is 4.39 Å². The molecule has 2 N–H and O–H groups in total. The monoisotopic (exact) mass is 293 g/mol. The molecule has 104 valence electrons. The highest BCUT2D eigenvalue weighted by molar-refractivity contribution is 6.33. The van der Waals surface area contributed by atoms with Crippen molar-refractivity contribution in [1.29, 1.82) is 0 Å². The van der Waals surface area contributed by atoms with Crippen LogP contribution in [0.1, 0.15) is 22.0 Å². The Morgan fingerprint density at radius 1 is 1.25 bits per heavy atom. The van der Waals surface area contributed by atoms with Crippen LogP contribution in [0.5, 0.6) is 0 Å². The van der Waals surface area contributed by atoms with E-state index in [9.17, 15) is 14.3 Å². The van der Waals surface area contributed by atoms with Gasteiger partial charge in [0.25, 0.3) is 5.91 Å². The number of hydrogen-bond donors (Lipinski definition) is 2. The summed E-state index contributed by atoms with van der Waals surface area (Å²) < 4.78 is 12.9. The van der Waals surface area contributed by atoms with Gasteiger partial charge in [0, 0.05) is 0 Å². The molecule has 0 aliphatic carbocycles. The van der Waals surface area contributed by atoms with E-state index in [1.54, 1.807) is 12.1 Å². The molecule has 0 heterocycles. The quantitative estimate of drug-likeness (QED) is 0.910. The van der Waals surface area contributed by atoms with Crippen LogP contribution >= 0.6 is 11.6 Å². The molecule has 2 rings (SSSR count). The lowest BCUT2D eigenvalue weighted by atomic mass is 10.1. The summed E-state index contributed by atoms with van der Waals surface area (Å²) >= 11 is 5.83. The Labute approximate surface area is 121 Å². The van der Waals surface area contributed by atoms with E-state index < -0.39 is 17.8 Å². The SMILES string of the molecule is O=C(N[C@@H](CO)c1ccccc1)c1ccc(F)cc1Cl. The van der Waals surface area contributed by atoms with Gasteiger partial charge in [-0.3, -0.25) is 4.79 Å². The van der Waals surface area contributed by atoms with Crippen molar-refractivity contribution >= 4 is 17.5 Å². The molecule has 0 saturated carbocycles. The normalized spacial score (nSPS) is 11.9. The second-order valence-electron chi connectivity index (χ2n) is 4.24. The number of aliphatic hydroxyl groups is 1. The number of hydrogen-bond acceptors (Lipinski definition) is 2. The predicted molar refractivity (Wildman–Crippen MR) is 75.1 cm³/mol. The van der Waals surface area contributed by atoms with Gasteiger partial charge in [-0.1, -0.05) is 41.9 Å². The summed E-state index contributed by atoms with van der Waals surface area (Å²) in [5, 5.41) is 12.1. The van der Waals surface area contributed by atoms with Gasteiger partial charge in [0.15, 0.2) is 0 Å². The van der Waals surface area contributed by atoms with E-state index in [1.165, 1.54) is 6.07 Å². The maximum atomic E-state index is 12.9. The van der Waals surface area contributed by atoms with Crippen LogP contribution < -0.4 is 5.32 Å². The van der Waals surface area contributed by atoms with Crippen molar-refractivity contribution in [2.45, 2.75) is 6.04 Å². The van der Waals surface area contributed by atoms with Crippen LogP contribution in [-0.2, 0) is 0 Å². The second-order valence-corrected chi connectivity index (χ2v) is 4.65. The van der Waals surface area contributed by atoms with Gasteiger partial charge < -0.3 is 10.4 Å². The van der Waals surface area contributed by atoms with Gasteiger partial charge in [-0.2, -0.15) is 0 Å². The number of carbonyl (C=O) groups is 1. The van der Waals surface area contributed by atoms with Crippen molar-refractivity contribution in [2.75, 3.05) is 6.61 Å². The molecule has 0 saturated heterocycles. The van der Waals surface area contributed by atoms with Gasteiger partial charge in [0.05, 0.1) is 23.2 Å². The zero-order valence-corrected chi connectivity index (χ0v) is 11.3. The average molecular weight is 294 g/mol. The Bertz CT molecular complexity index is 604. The fraction of sp³-hybridized carbons (Fsp3) is 0.133. The van der Waals surface area contributed by atoms with E-state index in [2.05, 4.69) is 5.32 Å². The molecule has 0 radical (unpaired) electrons. The van der Waals surface area contributed by atoms with Gasteiger partial charge >= 0.3 is 0 Å². The van der Waals surface area contributed by atoms with Crippen molar-refractivity contribution in [3.63, 3.8) is 0 Å². The van der Waals surface area contributed by atoms with Crippen LogP contribution in [0.25, 0.3) is 0 Å². The fourth-order valence-electron chi connectivity index (χ4n) is 1.83. The number of carbonyl (C=O) groups excluding carboxylic acids is 1. The molecule has 0 aliphatic rings. The molecule has 3 nitrogen and oxygen atoms in total. The zero-order valence-electron chi connectivity index (χ0n) is 10.5. The standard InChI is InChI=1S/C15H13ClFNO2/c16-13-8-11(17)6-7-12(13)15(20)18-14(9-19)10-4-2-1-3-5-10/h1-8,14,19H,9H2,(H,18,20)/t14-/m0/s1. The highest BCUT2D eigenvalue weighted by Crippen LogP contribution is 2.19. The van der Waals surface area contributed by atoms with E-state index in [0.717, 1.165) is 17.7 Å². The summed E-state index contributed by atoms with van der Waals surface area (Å²) in [6, 6.07) is 12.1. The molecular formula is C15H13ClFNO2. The highest BCUT2D eigenvalue weighted by atomic mass is 35.5. The maximum Gasteiger partial charge on any atom is 0.253 e. The van der Waals surface area contributed by atoms with E-state index in [4.69, 9.17) is 11.6 Å². The first-order chi connectivity index (χ1) is 9.61. The van der Waals surface area contributed by atoms with Crippen LogP contribution in [0.15, 0.2) is 48.5 Å². The van der Waals surface area contributed by atoms with Gasteiger partial charge in [-0.15, -0.1) is 0 Å². The summed E-state index contributed by atoms with van der Waals surface area (Å²) in [4.78, 5) is 12.1. The second kappa shape index (κ2) is 6.50. The Morgan fingerprint density at radius 2 is 1.95 bits per heavy atom. The first-order valence-corrected chi connectivity index (χ1v) is 6.41. The molecule has 0 aliphatic heterocycles. The molecule has 0 aromatic heterocycles. The third kappa shape index (κ3) is 3.35. The first kappa shape index (κ1) is 14.5. The van der Waals surface area contributed by atoms with Crippen molar-refractivity contribution in [1.82, 2.24) is 5.32 Å². The highest BCUT2D eigenvalue weighted by Gasteiger charge is 2.17. The number of halogens is 2. The Kier molecular flexibility index (Phi) is 4.71. The molecule has 5 heteroatoms. The molecule has 2 aromatic rings. The van der Waals surface area contributed by atoms with Crippen LogP contribution in [-0.4, -0.2) is 17.6 Å². The van der Waals surface area contributed by atoms with Crippen LogP contribution in [0.2, 0.25) is 5.02 Å². The molecule has 1 amide bonds. The van der Waals surface area contributed by atoms with Crippen molar-refractivity contribution in [3.05, 3.63) is 70.5 Å². The summed E-state index contributed by atoms with van der Waals surface area (Å²) in [5.41, 5.74) is 0.948. The summed E-state index contributed by atoms with van der Waals surface area (Å²) in [6.07, 6.45) is 0. The summed E-state index contributed by atoms with van der Waals surface area (Å²) in [7, 11) is 0. The molecule has 0 unspecified atom stereocenters. The minimum Gasteiger partial charge on any atom is -0.394 e. The smallest absolute Gasteiger partial charge is 0.253 e. The zero-order chi connectivity index (χ0) is 14.5. The largest absolute Gasteiger partial charge is 0.394 e. The Morgan fingerprint density at radius 3 is 2.55 bits per heavy atom. The number of aliphatic hydroxyl groups excluding tert-OH is 1. The van der Waals surface area contributed by atoms with Crippen LogP contribution in [0.3, 0.4) is 0 Å². The third-order valence-electron chi connectivity index (χ3n) is 2.87. The fourth-order valence-corrected chi connectivity index (χ4v) is 2.08. The molecule has 0 spiro atoms. The van der Waals surface area contributed by atoms with Crippen LogP contribution in [0.4, 0.5) is 4.39 Å². The summed E-state index contributed by atoms with van der Waals surface area (Å²) in [5.74, 6) is -0.966. The van der Waals surface area contributed by atoms with Gasteiger partial charge in [0.1, 0.15) is 5.82 Å². The maximum absolute atomic E-state index is 12.9. The number of amides is 1. The topological polar surface area (TPSA) is 49.3 Å². The van der Waals surface area contributed by atoms with Crippen molar-refractivity contribution < 1.29 is 14.3 Å². The Hall–Kier alpha value is -1.91. The lowest BCUT2D eigenvalue weighted by molar-refractivity contribution is 0.0916. The lowest BCUT2D eigenvalue weighted by Crippen LogP contribution is -2.31. The number of benzene rings is 2. The molecule has 0 bridgehead atoms. The number of nitrogens with one attached hydrogen (secondary N) is 1. The molecule has 20 heavy (non-hydrogen) atoms. The molecule has 2 aromatic carbocycles. The Balaban J connectivity index is 2.17. The average Bonchev–Trinajstić information content (AvgIpc) is 2.45. The minimum atomic E-state index is -0.537. The van der Waals surface area contributed by atoms with E-state index >= 15 is 0 Å². The number of rotatable bonds is 4. The lowest BCUT2D eigenvalue weighted by Gasteiger charge is -2.17. The first-order valence-electron chi connectivity index (χ1n) is 6.03. The van der Waals surface area contributed by atoms with Gasteiger partial charge in [-0.05, 0) is 23.8 Å². The van der Waals surface area contributed by atoms with E-state index in [0.29, 0.717) is 0 Å². The molecule has 0 fully saturated rings. The minimum absolute atomic E-state index is 0.0345. The summed E-state index contributed by atoms with van der Waals surface area (Å²) in [6.45, 7) is -0.242. The molecule has 1 atom stereocenters. The van der Waals surface area contributed by atoms with Gasteiger partial charge in [0.2, 0.25) is 0 Å². The van der Waals surface area contributed by atoms with E-state index in [1.807, 2.05) is 18.2 Å².